The lowest BCUT2D eigenvalue weighted by Crippen LogP contribution is -2.24. The molecule has 1 aliphatic heterocycles. The van der Waals surface area contributed by atoms with Crippen molar-refractivity contribution in [2.24, 2.45) is 5.73 Å². The molecule has 3 N–H and O–H groups in total. The van der Waals surface area contributed by atoms with Gasteiger partial charge in [-0.1, -0.05) is 18.2 Å². The van der Waals surface area contributed by atoms with Gasteiger partial charge in [-0.3, -0.25) is 4.79 Å². The Kier molecular flexibility index (Phi) is 2.40. The number of hydrogen-bond donors (Lipinski definition) is 2. The number of carbonyl (C=O) groups excluding carboxylic acids is 1. The molecular weight excluding hydrogens is 190 g/mol. The number of nitrogens with two attached hydrogens (primary N) is 1. The predicted molar refractivity (Wildman–Crippen MR) is 56.0 cm³/mol. The first-order valence-electron chi connectivity index (χ1n) is 4.77. The Bertz CT molecular complexity index is 436. The molecule has 76 valence electrons. The zero-order valence-corrected chi connectivity index (χ0v) is 8.10. The van der Waals surface area contributed by atoms with Crippen molar-refractivity contribution >= 4 is 11.6 Å². The molecule has 1 aromatic carbocycles. The van der Waals surface area contributed by atoms with E-state index >= 15 is 0 Å². The molecule has 0 aromatic heterocycles. The summed E-state index contributed by atoms with van der Waals surface area (Å²) in [6.45, 7) is 0. The van der Waals surface area contributed by atoms with E-state index in [2.05, 4.69) is 5.32 Å². The van der Waals surface area contributed by atoms with E-state index in [1.807, 2.05) is 30.3 Å². The molecule has 1 aromatic rings. The van der Waals surface area contributed by atoms with Gasteiger partial charge in [-0.25, -0.2) is 0 Å². The van der Waals surface area contributed by atoms with Crippen molar-refractivity contribution in [1.29, 1.82) is 5.26 Å². The van der Waals surface area contributed by atoms with Crippen LogP contribution in [0.15, 0.2) is 24.3 Å². The fourth-order valence-electron chi connectivity index (χ4n) is 1.82. The van der Waals surface area contributed by atoms with Crippen molar-refractivity contribution in [1.82, 2.24) is 0 Å². The molecule has 2 rings (SSSR count). The van der Waals surface area contributed by atoms with Crippen LogP contribution in [0.2, 0.25) is 0 Å². The molecular formula is C11H11N3O. The Labute approximate surface area is 87.7 Å². The monoisotopic (exact) mass is 201 g/mol. The first kappa shape index (κ1) is 9.69. The topological polar surface area (TPSA) is 78.9 Å². The second-order valence-electron chi connectivity index (χ2n) is 3.60. The van der Waals surface area contributed by atoms with E-state index in [-0.39, 0.29) is 11.8 Å². The number of nitrogens with one attached hydrogen (secondary N) is 1. The molecule has 15 heavy (non-hydrogen) atoms. The lowest BCUT2D eigenvalue weighted by atomic mass is 9.94. The first-order chi connectivity index (χ1) is 7.22. The van der Waals surface area contributed by atoms with Crippen LogP contribution in [0.5, 0.6) is 0 Å². The van der Waals surface area contributed by atoms with Crippen LogP contribution in [0.4, 0.5) is 5.69 Å². The minimum absolute atomic E-state index is 0.0677. The molecule has 0 radical (unpaired) electrons. The van der Waals surface area contributed by atoms with Gasteiger partial charge in [-0.05, 0) is 18.1 Å². The standard InChI is InChI=1S/C11H11N3O/c12-6-7(13)5-9-8-3-1-2-4-10(8)14-11(9)15/h1-4,7,9H,5,13H2,(H,14,15)/t7-,9-/m0/s1. The molecule has 0 saturated carbocycles. The summed E-state index contributed by atoms with van der Waals surface area (Å²) in [7, 11) is 0. The molecule has 0 spiro atoms. The van der Waals surface area contributed by atoms with Gasteiger partial charge >= 0.3 is 0 Å². The molecule has 0 aliphatic carbocycles. The van der Waals surface area contributed by atoms with Crippen molar-refractivity contribution in [3.8, 4) is 6.07 Å². The highest BCUT2D eigenvalue weighted by molar-refractivity contribution is 6.02. The van der Waals surface area contributed by atoms with Gasteiger partial charge in [0.15, 0.2) is 0 Å². The predicted octanol–water partition coefficient (Wildman–Crippen LogP) is 0.963. The Balaban J connectivity index is 2.27. The van der Waals surface area contributed by atoms with Crippen LogP contribution in [-0.4, -0.2) is 11.9 Å². The van der Waals surface area contributed by atoms with Crippen LogP contribution in [0.3, 0.4) is 0 Å². The largest absolute Gasteiger partial charge is 0.325 e. The number of amides is 1. The van der Waals surface area contributed by atoms with Gasteiger partial charge in [0, 0.05) is 5.69 Å². The van der Waals surface area contributed by atoms with Crippen molar-refractivity contribution in [3.63, 3.8) is 0 Å². The molecule has 1 amide bonds. The number of nitriles is 1. The maximum absolute atomic E-state index is 11.6. The van der Waals surface area contributed by atoms with E-state index in [4.69, 9.17) is 11.0 Å². The third-order valence-corrected chi connectivity index (χ3v) is 2.57. The quantitative estimate of drug-likeness (QED) is 0.748. The van der Waals surface area contributed by atoms with E-state index in [0.717, 1.165) is 11.3 Å². The van der Waals surface area contributed by atoms with Gasteiger partial charge in [0.05, 0.1) is 18.0 Å². The maximum Gasteiger partial charge on any atom is 0.232 e. The van der Waals surface area contributed by atoms with Crippen LogP contribution in [0.1, 0.15) is 17.9 Å². The maximum atomic E-state index is 11.6. The number of rotatable bonds is 2. The molecule has 0 unspecified atom stereocenters. The summed E-state index contributed by atoms with van der Waals surface area (Å²) >= 11 is 0. The van der Waals surface area contributed by atoms with E-state index < -0.39 is 6.04 Å². The smallest absolute Gasteiger partial charge is 0.232 e. The van der Waals surface area contributed by atoms with E-state index in [1.165, 1.54) is 0 Å². The van der Waals surface area contributed by atoms with Crippen LogP contribution in [0.25, 0.3) is 0 Å². The van der Waals surface area contributed by atoms with Crippen molar-refractivity contribution in [2.75, 3.05) is 5.32 Å². The zero-order valence-electron chi connectivity index (χ0n) is 8.10. The summed E-state index contributed by atoms with van der Waals surface area (Å²) < 4.78 is 0. The van der Waals surface area contributed by atoms with Crippen LogP contribution < -0.4 is 11.1 Å². The van der Waals surface area contributed by atoms with Crippen LogP contribution in [-0.2, 0) is 4.79 Å². The molecule has 4 heteroatoms. The van der Waals surface area contributed by atoms with Gasteiger partial charge in [-0.2, -0.15) is 5.26 Å². The number of hydrogen-bond acceptors (Lipinski definition) is 3. The number of anilines is 1. The summed E-state index contributed by atoms with van der Waals surface area (Å²) in [5.41, 5.74) is 7.30. The molecule has 4 nitrogen and oxygen atoms in total. The highest BCUT2D eigenvalue weighted by Gasteiger charge is 2.31. The lowest BCUT2D eigenvalue weighted by Gasteiger charge is -2.09. The number of fused-ring (bicyclic) bond motifs is 1. The van der Waals surface area contributed by atoms with Gasteiger partial charge in [0.25, 0.3) is 0 Å². The second kappa shape index (κ2) is 3.71. The number of carbonyl (C=O) groups is 1. The highest BCUT2D eigenvalue weighted by Crippen LogP contribution is 2.34. The molecule has 2 atom stereocenters. The van der Waals surface area contributed by atoms with E-state index in [9.17, 15) is 4.79 Å². The SMILES string of the molecule is N#C[C@@H](N)C[C@@H]1C(=O)Nc2ccccc21. The molecule has 0 fully saturated rings. The number of benzene rings is 1. The van der Waals surface area contributed by atoms with Gasteiger partial charge < -0.3 is 11.1 Å². The Morgan fingerprint density at radius 2 is 2.27 bits per heavy atom. The summed E-state index contributed by atoms with van der Waals surface area (Å²) in [5.74, 6) is -0.349. The van der Waals surface area contributed by atoms with Crippen molar-refractivity contribution in [3.05, 3.63) is 29.8 Å². The van der Waals surface area contributed by atoms with Crippen LogP contribution in [0, 0.1) is 11.3 Å². The summed E-state index contributed by atoms with van der Waals surface area (Å²) in [4.78, 5) is 11.6. The Morgan fingerprint density at radius 1 is 1.53 bits per heavy atom. The average molecular weight is 201 g/mol. The van der Waals surface area contributed by atoms with Gasteiger partial charge in [0.2, 0.25) is 5.91 Å². The fourth-order valence-corrected chi connectivity index (χ4v) is 1.82. The second-order valence-corrected chi connectivity index (χ2v) is 3.60. The van der Waals surface area contributed by atoms with Crippen molar-refractivity contribution in [2.45, 2.75) is 18.4 Å². The minimum atomic E-state index is -0.591. The summed E-state index contributed by atoms with van der Waals surface area (Å²) in [5, 5.41) is 11.4. The lowest BCUT2D eigenvalue weighted by molar-refractivity contribution is -0.117. The summed E-state index contributed by atoms with van der Waals surface area (Å²) in [6.07, 6.45) is 0.374. The van der Waals surface area contributed by atoms with Crippen molar-refractivity contribution < 1.29 is 4.79 Å². The van der Waals surface area contributed by atoms with Gasteiger partial charge in [-0.15, -0.1) is 0 Å². The number of nitrogens with zero attached hydrogens (tertiary/aromatic N) is 1. The highest BCUT2D eigenvalue weighted by atomic mass is 16.2. The average Bonchev–Trinajstić information content (AvgIpc) is 2.55. The van der Waals surface area contributed by atoms with Gasteiger partial charge in [0.1, 0.15) is 0 Å². The van der Waals surface area contributed by atoms with E-state index in [1.54, 1.807) is 0 Å². The molecule has 0 bridgehead atoms. The molecule has 1 aliphatic rings. The first-order valence-corrected chi connectivity index (χ1v) is 4.77. The molecule has 1 heterocycles. The third-order valence-electron chi connectivity index (χ3n) is 2.57. The van der Waals surface area contributed by atoms with E-state index in [0.29, 0.717) is 6.42 Å². The third kappa shape index (κ3) is 1.69. The fraction of sp³-hybridized carbons (Fsp3) is 0.273. The van der Waals surface area contributed by atoms with Crippen LogP contribution >= 0.6 is 0 Å². The zero-order chi connectivity index (χ0) is 10.8. The summed E-state index contributed by atoms with van der Waals surface area (Å²) in [6, 6.07) is 8.84. The normalized spacial score (nSPS) is 20.3. The Hall–Kier alpha value is -1.86. The minimum Gasteiger partial charge on any atom is -0.325 e. The Morgan fingerprint density at radius 3 is 3.00 bits per heavy atom. The molecule has 0 saturated heterocycles. The number of para-hydroxylation sites is 1.